The summed E-state index contributed by atoms with van der Waals surface area (Å²) in [5.74, 6) is 0.357. The molecule has 76 valence electrons. The number of nitrogens with two attached hydrogens (primary N) is 1. The second kappa shape index (κ2) is 4.04. The van der Waals surface area contributed by atoms with Crippen molar-refractivity contribution in [2.75, 3.05) is 5.73 Å². The average molecular weight is 240 g/mol. The molecule has 3 nitrogen and oxygen atoms in total. The van der Waals surface area contributed by atoms with Crippen molar-refractivity contribution >= 4 is 29.0 Å². The smallest absolute Gasteiger partial charge is 0.149 e. The maximum Gasteiger partial charge on any atom is 0.149 e. The van der Waals surface area contributed by atoms with Gasteiger partial charge in [0, 0.05) is 28.0 Å². The molecule has 15 heavy (non-hydrogen) atoms. The molecule has 0 aliphatic rings. The van der Waals surface area contributed by atoms with Crippen molar-refractivity contribution in [1.82, 2.24) is 9.97 Å². The van der Waals surface area contributed by atoms with Crippen molar-refractivity contribution in [2.45, 2.75) is 0 Å². The summed E-state index contributed by atoms with van der Waals surface area (Å²) in [5.41, 5.74) is 7.04. The van der Waals surface area contributed by atoms with Crippen LogP contribution in [0.4, 0.5) is 5.82 Å². The third-order valence-electron chi connectivity index (χ3n) is 1.86. The van der Waals surface area contributed by atoms with Gasteiger partial charge in [0.05, 0.1) is 0 Å². The average Bonchev–Trinajstić information content (AvgIpc) is 2.16. The minimum atomic E-state index is 0.357. The molecular weight excluding hydrogens is 233 g/mol. The highest BCUT2D eigenvalue weighted by atomic mass is 35.5. The van der Waals surface area contributed by atoms with E-state index in [9.17, 15) is 0 Å². The molecule has 0 saturated carbocycles. The predicted octanol–water partition coefficient (Wildman–Crippen LogP) is 3.03. The summed E-state index contributed by atoms with van der Waals surface area (Å²) < 4.78 is 0. The Kier molecular flexibility index (Phi) is 2.75. The van der Waals surface area contributed by atoms with Gasteiger partial charge in [-0.25, -0.2) is 4.98 Å². The van der Waals surface area contributed by atoms with E-state index in [4.69, 9.17) is 28.9 Å². The second-order valence-electron chi connectivity index (χ2n) is 2.95. The molecule has 2 aromatic rings. The summed E-state index contributed by atoms with van der Waals surface area (Å²) in [5, 5.41) is 1.09. The van der Waals surface area contributed by atoms with Crippen LogP contribution in [0.1, 0.15) is 0 Å². The van der Waals surface area contributed by atoms with Crippen molar-refractivity contribution in [1.29, 1.82) is 0 Å². The lowest BCUT2D eigenvalue weighted by Gasteiger charge is -2.04. The van der Waals surface area contributed by atoms with Crippen LogP contribution in [-0.2, 0) is 0 Å². The molecule has 0 spiro atoms. The van der Waals surface area contributed by atoms with Crippen LogP contribution in [0, 0.1) is 0 Å². The molecule has 1 aromatic heterocycles. The van der Waals surface area contributed by atoms with Gasteiger partial charge >= 0.3 is 0 Å². The summed E-state index contributed by atoms with van der Waals surface area (Å²) in [6, 6.07) is 5.14. The van der Waals surface area contributed by atoms with Crippen LogP contribution in [0.2, 0.25) is 10.0 Å². The number of anilines is 1. The standard InChI is InChI=1S/C10H7Cl2N3/c11-7-3-6(4-8(12)5-7)9-10(13)15-2-1-14-9/h1-5H,(H2,13,15). The predicted molar refractivity (Wildman–Crippen MR) is 61.9 cm³/mol. The fraction of sp³-hybridized carbons (Fsp3) is 0. The Morgan fingerprint density at radius 1 is 0.933 bits per heavy atom. The molecule has 0 aliphatic carbocycles. The molecule has 0 saturated heterocycles. The number of hydrogen-bond acceptors (Lipinski definition) is 3. The Labute approximate surface area is 96.9 Å². The molecule has 0 amide bonds. The van der Waals surface area contributed by atoms with Gasteiger partial charge in [-0.3, -0.25) is 4.98 Å². The van der Waals surface area contributed by atoms with Crippen LogP contribution in [0.15, 0.2) is 30.6 Å². The van der Waals surface area contributed by atoms with Crippen molar-refractivity contribution < 1.29 is 0 Å². The van der Waals surface area contributed by atoms with E-state index < -0.39 is 0 Å². The number of hydrogen-bond donors (Lipinski definition) is 1. The third kappa shape index (κ3) is 2.19. The largest absolute Gasteiger partial charge is 0.382 e. The molecular formula is C10H7Cl2N3. The number of rotatable bonds is 1. The van der Waals surface area contributed by atoms with Gasteiger partial charge in [-0.1, -0.05) is 23.2 Å². The van der Waals surface area contributed by atoms with Gasteiger partial charge in [0.15, 0.2) is 0 Å². The molecule has 2 rings (SSSR count). The van der Waals surface area contributed by atoms with Crippen LogP contribution in [0.3, 0.4) is 0 Å². The highest BCUT2D eigenvalue weighted by Crippen LogP contribution is 2.27. The van der Waals surface area contributed by atoms with Crippen LogP contribution in [0.25, 0.3) is 11.3 Å². The number of nitrogen functional groups attached to an aromatic ring is 1. The first kappa shape index (κ1) is 10.2. The normalized spacial score (nSPS) is 10.3. The van der Waals surface area contributed by atoms with Gasteiger partial charge in [-0.05, 0) is 18.2 Å². The Morgan fingerprint density at radius 3 is 2.13 bits per heavy atom. The van der Waals surface area contributed by atoms with Crippen LogP contribution < -0.4 is 5.73 Å². The van der Waals surface area contributed by atoms with Gasteiger partial charge in [0.25, 0.3) is 0 Å². The van der Waals surface area contributed by atoms with E-state index in [-0.39, 0.29) is 0 Å². The number of benzene rings is 1. The quantitative estimate of drug-likeness (QED) is 0.833. The minimum Gasteiger partial charge on any atom is -0.382 e. The zero-order valence-corrected chi connectivity index (χ0v) is 9.13. The number of halogens is 2. The van der Waals surface area contributed by atoms with Gasteiger partial charge < -0.3 is 5.73 Å². The van der Waals surface area contributed by atoms with Gasteiger partial charge in [0.1, 0.15) is 11.5 Å². The second-order valence-corrected chi connectivity index (χ2v) is 3.82. The van der Waals surface area contributed by atoms with Crippen molar-refractivity contribution in [3.63, 3.8) is 0 Å². The number of nitrogens with zero attached hydrogens (tertiary/aromatic N) is 2. The summed E-state index contributed by atoms with van der Waals surface area (Å²) in [4.78, 5) is 8.07. The van der Waals surface area contributed by atoms with E-state index in [2.05, 4.69) is 9.97 Å². The Bertz CT molecular complexity index is 480. The van der Waals surface area contributed by atoms with E-state index in [0.717, 1.165) is 5.56 Å². The third-order valence-corrected chi connectivity index (χ3v) is 2.30. The lowest BCUT2D eigenvalue weighted by atomic mass is 10.1. The van der Waals surface area contributed by atoms with E-state index in [0.29, 0.717) is 21.6 Å². The van der Waals surface area contributed by atoms with Crippen molar-refractivity contribution in [3.05, 3.63) is 40.6 Å². The molecule has 2 N–H and O–H groups in total. The molecule has 0 radical (unpaired) electrons. The van der Waals surface area contributed by atoms with Crippen LogP contribution in [-0.4, -0.2) is 9.97 Å². The van der Waals surface area contributed by atoms with Crippen molar-refractivity contribution in [3.8, 4) is 11.3 Å². The van der Waals surface area contributed by atoms with E-state index in [1.54, 1.807) is 24.4 Å². The SMILES string of the molecule is Nc1nccnc1-c1cc(Cl)cc(Cl)c1. The fourth-order valence-electron chi connectivity index (χ4n) is 1.26. The molecule has 0 fully saturated rings. The maximum absolute atomic E-state index is 5.88. The molecule has 0 unspecified atom stereocenters. The molecule has 1 aromatic carbocycles. The molecule has 0 atom stereocenters. The zero-order valence-electron chi connectivity index (χ0n) is 7.61. The molecule has 5 heteroatoms. The monoisotopic (exact) mass is 239 g/mol. The highest BCUT2D eigenvalue weighted by molar-refractivity contribution is 6.35. The van der Waals surface area contributed by atoms with Gasteiger partial charge in [-0.2, -0.15) is 0 Å². The topological polar surface area (TPSA) is 51.8 Å². The summed E-state index contributed by atoms with van der Waals surface area (Å²) in [6.45, 7) is 0. The van der Waals surface area contributed by atoms with Gasteiger partial charge in [0.2, 0.25) is 0 Å². The van der Waals surface area contributed by atoms with E-state index >= 15 is 0 Å². The van der Waals surface area contributed by atoms with Crippen LogP contribution >= 0.6 is 23.2 Å². The summed E-state index contributed by atoms with van der Waals surface area (Å²) in [6.07, 6.45) is 3.10. The Morgan fingerprint density at radius 2 is 1.53 bits per heavy atom. The first-order chi connectivity index (χ1) is 7.16. The molecule has 0 bridgehead atoms. The van der Waals surface area contributed by atoms with Crippen LogP contribution in [0.5, 0.6) is 0 Å². The number of aromatic nitrogens is 2. The Balaban J connectivity index is 2.59. The summed E-state index contributed by atoms with van der Waals surface area (Å²) in [7, 11) is 0. The lowest BCUT2D eigenvalue weighted by Crippen LogP contribution is -1.95. The van der Waals surface area contributed by atoms with E-state index in [1.807, 2.05) is 0 Å². The molecule has 1 heterocycles. The molecule has 0 aliphatic heterocycles. The minimum absolute atomic E-state index is 0.357. The summed E-state index contributed by atoms with van der Waals surface area (Å²) >= 11 is 11.8. The zero-order chi connectivity index (χ0) is 10.8. The lowest BCUT2D eigenvalue weighted by molar-refractivity contribution is 1.22. The first-order valence-corrected chi connectivity index (χ1v) is 4.95. The highest BCUT2D eigenvalue weighted by Gasteiger charge is 2.06. The first-order valence-electron chi connectivity index (χ1n) is 4.20. The van der Waals surface area contributed by atoms with E-state index in [1.165, 1.54) is 6.20 Å². The van der Waals surface area contributed by atoms with Gasteiger partial charge in [-0.15, -0.1) is 0 Å². The van der Waals surface area contributed by atoms with Crippen molar-refractivity contribution in [2.24, 2.45) is 0 Å². The Hall–Kier alpha value is -1.32. The fourth-order valence-corrected chi connectivity index (χ4v) is 1.79. The maximum atomic E-state index is 5.88.